The predicted octanol–water partition coefficient (Wildman–Crippen LogP) is 4.21. The molecule has 0 aromatic rings. The zero-order chi connectivity index (χ0) is 27.6. The Balaban J connectivity index is 1.86. The van der Waals surface area contributed by atoms with Crippen LogP contribution in [0, 0.1) is 28.1 Å². The molecule has 0 saturated heterocycles. The molecule has 0 aliphatic heterocycles. The monoisotopic (exact) mass is 518 g/mol. The van der Waals surface area contributed by atoms with Crippen molar-refractivity contribution in [2.75, 3.05) is 6.61 Å². The third kappa shape index (κ3) is 3.39. The van der Waals surface area contributed by atoms with E-state index in [-0.39, 0.29) is 25.0 Å². The zero-order valence-electron chi connectivity index (χ0n) is 22.7. The van der Waals surface area contributed by atoms with Crippen LogP contribution >= 0.6 is 0 Å². The van der Waals surface area contributed by atoms with E-state index in [2.05, 4.69) is 0 Å². The van der Waals surface area contributed by atoms with Crippen molar-refractivity contribution in [3.8, 4) is 0 Å². The van der Waals surface area contributed by atoms with Gasteiger partial charge in [-0.15, -0.1) is 0 Å². The standard InChI is InChI=1S/C29H39FO7/c1-7-23(34)36-16-22(33)29(37-24(35)8-2)17(3)14-26(5)20-10-9-18-13-19(31)11-12-25(18,4)28(20,30)21(32)15-27(26,29)6/h11-13,17,20-21,32H,7-10,14-16H2,1-6H3/t17?,20?,21?,25?,26-,27?,28-,29-/m0/s1. The van der Waals surface area contributed by atoms with Gasteiger partial charge in [-0.2, -0.15) is 0 Å². The van der Waals surface area contributed by atoms with Crippen LogP contribution < -0.4 is 0 Å². The Morgan fingerprint density at radius 2 is 1.76 bits per heavy atom. The number of rotatable bonds is 6. The van der Waals surface area contributed by atoms with Gasteiger partial charge in [0.2, 0.25) is 5.78 Å². The highest BCUT2D eigenvalue weighted by atomic mass is 19.1. The molecule has 204 valence electrons. The quantitative estimate of drug-likeness (QED) is 0.525. The topological polar surface area (TPSA) is 107 Å². The van der Waals surface area contributed by atoms with Crippen LogP contribution in [0.3, 0.4) is 0 Å². The summed E-state index contributed by atoms with van der Waals surface area (Å²) in [7, 11) is 0. The molecular weight excluding hydrogens is 479 g/mol. The smallest absolute Gasteiger partial charge is 0.306 e. The number of alkyl halides is 1. The van der Waals surface area contributed by atoms with E-state index < -0.39 is 69.8 Å². The second-order valence-electron chi connectivity index (χ2n) is 12.0. The lowest BCUT2D eigenvalue weighted by molar-refractivity contribution is -0.252. The van der Waals surface area contributed by atoms with Gasteiger partial charge in [0.15, 0.2) is 23.7 Å². The maximum atomic E-state index is 17.6. The number of esters is 2. The Labute approximate surface area is 217 Å². The van der Waals surface area contributed by atoms with Crippen molar-refractivity contribution in [2.24, 2.45) is 28.1 Å². The maximum Gasteiger partial charge on any atom is 0.306 e. The molecule has 4 rings (SSSR count). The minimum absolute atomic E-state index is 0.0351. The molecule has 0 aromatic heterocycles. The summed E-state index contributed by atoms with van der Waals surface area (Å²) in [6.07, 6.45) is 4.20. The molecule has 5 unspecified atom stereocenters. The van der Waals surface area contributed by atoms with E-state index in [1.54, 1.807) is 26.8 Å². The van der Waals surface area contributed by atoms with Crippen LogP contribution in [0.1, 0.15) is 80.1 Å². The van der Waals surface area contributed by atoms with Crippen molar-refractivity contribution in [2.45, 2.75) is 97.4 Å². The molecule has 8 atom stereocenters. The minimum Gasteiger partial charge on any atom is -0.457 e. The van der Waals surface area contributed by atoms with E-state index in [0.29, 0.717) is 24.8 Å². The van der Waals surface area contributed by atoms with Gasteiger partial charge < -0.3 is 14.6 Å². The van der Waals surface area contributed by atoms with E-state index >= 15 is 4.39 Å². The number of aliphatic hydroxyl groups is 1. The molecule has 1 N–H and O–H groups in total. The van der Waals surface area contributed by atoms with Gasteiger partial charge in [-0.05, 0) is 50.2 Å². The summed E-state index contributed by atoms with van der Waals surface area (Å²) in [5.41, 5.74) is -6.27. The highest BCUT2D eigenvalue weighted by molar-refractivity contribution is 6.01. The van der Waals surface area contributed by atoms with Crippen LogP contribution in [0.15, 0.2) is 23.8 Å². The number of carbonyl (C=O) groups is 4. The first kappa shape index (κ1) is 27.7. The Kier molecular flexibility index (Phi) is 6.62. The number of hydrogen-bond donors (Lipinski definition) is 1. The molecule has 7 nitrogen and oxygen atoms in total. The van der Waals surface area contributed by atoms with Crippen molar-refractivity contribution in [3.05, 3.63) is 23.8 Å². The van der Waals surface area contributed by atoms with Crippen LogP contribution in [0.4, 0.5) is 4.39 Å². The molecule has 4 aliphatic carbocycles. The largest absolute Gasteiger partial charge is 0.457 e. The number of hydrogen-bond acceptors (Lipinski definition) is 7. The van der Waals surface area contributed by atoms with Crippen LogP contribution in [0.25, 0.3) is 0 Å². The molecule has 8 heteroatoms. The van der Waals surface area contributed by atoms with Gasteiger partial charge in [-0.3, -0.25) is 19.2 Å². The molecule has 4 aliphatic rings. The molecule has 3 fully saturated rings. The molecule has 0 bridgehead atoms. The number of fused-ring (bicyclic) bond motifs is 5. The fourth-order valence-corrected chi connectivity index (χ4v) is 8.54. The van der Waals surface area contributed by atoms with Crippen molar-refractivity contribution in [1.29, 1.82) is 0 Å². The average Bonchev–Trinajstić information content (AvgIpc) is 3.01. The number of allylic oxidation sites excluding steroid dienone is 4. The lowest BCUT2D eigenvalue weighted by Gasteiger charge is -2.66. The minimum atomic E-state index is -2.09. The summed E-state index contributed by atoms with van der Waals surface area (Å²) in [5.74, 6) is -3.04. The summed E-state index contributed by atoms with van der Waals surface area (Å²) < 4.78 is 28.9. The van der Waals surface area contributed by atoms with Gasteiger partial charge in [0.1, 0.15) is 0 Å². The number of ketones is 2. The SMILES string of the molecule is CCC(=O)OCC(=O)[C@@]1(OC(=O)CC)C(C)C[C@@]2(C)C3CCC4=CC(=O)C=CC4(C)[C@@]3(F)C(O)CC21C. The second-order valence-corrected chi connectivity index (χ2v) is 12.0. The maximum absolute atomic E-state index is 17.6. The predicted molar refractivity (Wildman–Crippen MR) is 133 cm³/mol. The van der Waals surface area contributed by atoms with Gasteiger partial charge in [0, 0.05) is 35.5 Å². The summed E-state index contributed by atoms with van der Waals surface area (Å²) in [4.78, 5) is 50.7. The van der Waals surface area contributed by atoms with E-state index in [4.69, 9.17) is 9.47 Å². The van der Waals surface area contributed by atoms with E-state index in [1.165, 1.54) is 12.2 Å². The lowest BCUT2D eigenvalue weighted by atomic mass is 9.40. The van der Waals surface area contributed by atoms with Gasteiger partial charge in [-0.1, -0.05) is 46.3 Å². The molecule has 0 radical (unpaired) electrons. The molecular formula is C29H39FO7. The van der Waals surface area contributed by atoms with E-state index in [1.807, 2.05) is 20.8 Å². The van der Waals surface area contributed by atoms with Gasteiger partial charge in [-0.25, -0.2) is 4.39 Å². The highest BCUT2D eigenvalue weighted by Gasteiger charge is 2.81. The average molecular weight is 519 g/mol. The number of ether oxygens (including phenoxy) is 2. The Hall–Kier alpha value is -2.35. The van der Waals surface area contributed by atoms with Gasteiger partial charge in [0.25, 0.3) is 0 Å². The summed E-state index contributed by atoms with van der Waals surface area (Å²) >= 11 is 0. The number of Topliss-reactive ketones (excluding diaryl/α,β-unsaturated/α-hetero) is 1. The normalized spacial score (nSPS) is 44.3. The van der Waals surface area contributed by atoms with Crippen molar-refractivity contribution in [1.82, 2.24) is 0 Å². The van der Waals surface area contributed by atoms with Crippen molar-refractivity contribution in [3.63, 3.8) is 0 Å². The summed E-state index contributed by atoms with van der Waals surface area (Å²) in [6, 6.07) is 0. The molecule has 0 aromatic carbocycles. The Morgan fingerprint density at radius 1 is 1.11 bits per heavy atom. The van der Waals surface area contributed by atoms with Crippen molar-refractivity contribution >= 4 is 23.5 Å². The zero-order valence-corrected chi connectivity index (χ0v) is 22.7. The molecule has 3 saturated carbocycles. The van der Waals surface area contributed by atoms with Crippen LogP contribution in [-0.2, 0) is 28.7 Å². The van der Waals surface area contributed by atoms with Gasteiger partial charge >= 0.3 is 11.9 Å². The number of carbonyl (C=O) groups excluding carboxylic acids is 4. The Bertz CT molecular complexity index is 1100. The summed E-state index contributed by atoms with van der Waals surface area (Å²) in [5, 5.41) is 11.6. The Morgan fingerprint density at radius 3 is 2.38 bits per heavy atom. The highest BCUT2D eigenvalue weighted by Crippen LogP contribution is 2.76. The fraction of sp³-hybridized carbons (Fsp3) is 0.724. The lowest BCUT2D eigenvalue weighted by Crippen LogP contribution is -2.73. The molecule has 0 amide bonds. The number of aliphatic hydroxyl groups excluding tert-OH is 1. The van der Waals surface area contributed by atoms with Crippen LogP contribution in [-0.4, -0.2) is 52.6 Å². The molecule has 37 heavy (non-hydrogen) atoms. The summed E-state index contributed by atoms with van der Waals surface area (Å²) in [6.45, 7) is 10.0. The first-order chi connectivity index (χ1) is 17.2. The van der Waals surface area contributed by atoms with Crippen LogP contribution in [0.2, 0.25) is 0 Å². The first-order valence-corrected chi connectivity index (χ1v) is 13.4. The van der Waals surface area contributed by atoms with Crippen LogP contribution in [0.5, 0.6) is 0 Å². The van der Waals surface area contributed by atoms with E-state index in [0.717, 1.165) is 0 Å². The first-order valence-electron chi connectivity index (χ1n) is 13.4. The van der Waals surface area contributed by atoms with Crippen molar-refractivity contribution < 1.29 is 38.1 Å². The third-order valence-corrected chi connectivity index (χ3v) is 10.6. The molecule has 0 heterocycles. The third-order valence-electron chi connectivity index (χ3n) is 10.6. The fourth-order valence-electron chi connectivity index (χ4n) is 8.54. The number of halogens is 1. The van der Waals surface area contributed by atoms with Gasteiger partial charge in [0.05, 0.1) is 6.10 Å². The molecule has 0 spiro atoms. The second kappa shape index (κ2) is 8.85. The van der Waals surface area contributed by atoms with E-state index in [9.17, 15) is 24.3 Å².